The SMILES string of the molecule is CCOc1cncc(C(O)C2CCCCO2)c1. The van der Waals surface area contributed by atoms with Gasteiger partial charge >= 0.3 is 0 Å². The fourth-order valence-electron chi connectivity index (χ4n) is 2.07. The summed E-state index contributed by atoms with van der Waals surface area (Å²) in [4.78, 5) is 4.08. The van der Waals surface area contributed by atoms with Gasteiger partial charge in [-0.25, -0.2) is 0 Å². The molecule has 1 aromatic heterocycles. The number of pyridine rings is 1. The lowest BCUT2D eigenvalue weighted by molar-refractivity contribution is -0.0635. The van der Waals surface area contributed by atoms with E-state index in [-0.39, 0.29) is 6.10 Å². The topological polar surface area (TPSA) is 51.6 Å². The van der Waals surface area contributed by atoms with Gasteiger partial charge in [-0.2, -0.15) is 0 Å². The third-order valence-electron chi connectivity index (χ3n) is 2.95. The Hall–Kier alpha value is -1.13. The Morgan fingerprint density at radius 3 is 3.12 bits per heavy atom. The maximum absolute atomic E-state index is 10.2. The fourth-order valence-corrected chi connectivity index (χ4v) is 2.07. The molecule has 17 heavy (non-hydrogen) atoms. The standard InChI is InChI=1S/C13H19NO3/c1-2-16-11-7-10(8-14-9-11)13(15)12-5-3-4-6-17-12/h7-9,12-13,15H,2-6H2,1H3. The molecule has 1 fully saturated rings. The molecule has 2 heterocycles. The molecule has 0 aromatic carbocycles. The van der Waals surface area contributed by atoms with Crippen molar-refractivity contribution >= 4 is 0 Å². The van der Waals surface area contributed by atoms with E-state index >= 15 is 0 Å². The predicted octanol–water partition coefficient (Wildman–Crippen LogP) is 2.08. The molecule has 0 amide bonds. The molecule has 0 saturated carbocycles. The van der Waals surface area contributed by atoms with E-state index in [1.807, 2.05) is 13.0 Å². The van der Waals surface area contributed by atoms with Crippen LogP contribution in [0.15, 0.2) is 18.5 Å². The second kappa shape index (κ2) is 5.98. The number of aliphatic hydroxyl groups is 1. The molecule has 0 bridgehead atoms. The lowest BCUT2D eigenvalue weighted by atomic mass is 9.99. The van der Waals surface area contributed by atoms with Crippen molar-refractivity contribution in [2.24, 2.45) is 0 Å². The number of hydrogen-bond donors (Lipinski definition) is 1. The number of ether oxygens (including phenoxy) is 2. The van der Waals surface area contributed by atoms with Crippen LogP contribution in [-0.4, -0.2) is 29.4 Å². The first kappa shape index (κ1) is 12.3. The average molecular weight is 237 g/mol. The molecule has 0 radical (unpaired) electrons. The van der Waals surface area contributed by atoms with E-state index in [4.69, 9.17) is 9.47 Å². The monoisotopic (exact) mass is 237 g/mol. The second-order valence-electron chi connectivity index (χ2n) is 4.24. The Bertz CT molecular complexity index is 350. The van der Waals surface area contributed by atoms with Gasteiger partial charge in [-0.15, -0.1) is 0 Å². The highest BCUT2D eigenvalue weighted by Crippen LogP contribution is 2.27. The van der Waals surface area contributed by atoms with Gasteiger partial charge in [0.1, 0.15) is 11.9 Å². The third kappa shape index (κ3) is 3.17. The van der Waals surface area contributed by atoms with Crippen LogP contribution in [0.25, 0.3) is 0 Å². The Morgan fingerprint density at radius 2 is 2.41 bits per heavy atom. The highest BCUT2D eigenvalue weighted by atomic mass is 16.5. The van der Waals surface area contributed by atoms with Gasteiger partial charge in [0.2, 0.25) is 0 Å². The number of hydrogen-bond acceptors (Lipinski definition) is 4. The summed E-state index contributed by atoms with van der Waals surface area (Å²) >= 11 is 0. The van der Waals surface area contributed by atoms with Gasteiger partial charge in [-0.3, -0.25) is 4.98 Å². The zero-order valence-electron chi connectivity index (χ0n) is 10.1. The van der Waals surface area contributed by atoms with Crippen molar-refractivity contribution in [2.45, 2.75) is 38.4 Å². The summed E-state index contributed by atoms with van der Waals surface area (Å²) in [6.07, 6.45) is 5.71. The lowest BCUT2D eigenvalue weighted by Crippen LogP contribution is -2.26. The van der Waals surface area contributed by atoms with Crippen LogP contribution >= 0.6 is 0 Å². The lowest BCUT2D eigenvalue weighted by Gasteiger charge is -2.27. The smallest absolute Gasteiger partial charge is 0.137 e. The van der Waals surface area contributed by atoms with E-state index in [2.05, 4.69) is 4.98 Å². The normalized spacial score (nSPS) is 22.1. The molecule has 2 unspecified atom stereocenters. The van der Waals surface area contributed by atoms with Gasteiger partial charge in [0.15, 0.2) is 0 Å². The van der Waals surface area contributed by atoms with Crippen LogP contribution in [0.2, 0.25) is 0 Å². The second-order valence-corrected chi connectivity index (χ2v) is 4.24. The van der Waals surface area contributed by atoms with Gasteiger partial charge in [0.25, 0.3) is 0 Å². The Labute approximate surface area is 102 Å². The maximum atomic E-state index is 10.2. The number of aliphatic hydroxyl groups excluding tert-OH is 1. The summed E-state index contributed by atoms with van der Waals surface area (Å²) in [6, 6.07) is 1.83. The van der Waals surface area contributed by atoms with Crippen LogP contribution in [0.5, 0.6) is 5.75 Å². The summed E-state index contributed by atoms with van der Waals surface area (Å²) in [5.74, 6) is 0.694. The number of aromatic nitrogens is 1. The van der Waals surface area contributed by atoms with Crippen molar-refractivity contribution in [1.29, 1.82) is 0 Å². The summed E-state index contributed by atoms with van der Waals surface area (Å²) < 4.78 is 10.9. The summed E-state index contributed by atoms with van der Waals surface area (Å²) in [7, 11) is 0. The minimum absolute atomic E-state index is 0.109. The van der Waals surface area contributed by atoms with Crippen molar-refractivity contribution in [2.75, 3.05) is 13.2 Å². The van der Waals surface area contributed by atoms with Gasteiger partial charge in [0, 0.05) is 18.4 Å². The third-order valence-corrected chi connectivity index (χ3v) is 2.95. The zero-order chi connectivity index (χ0) is 12.1. The molecule has 4 nitrogen and oxygen atoms in total. The molecule has 1 aromatic rings. The molecule has 2 rings (SSSR count). The molecule has 0 aliphatic carbocycles. The van der Waals surface area contributed by atoms with Gasteiger partial charge in [-0.05, 0) is 32.3 Å². The number of nitrogens with zero attached hydrogens (tertiary/aromatic N) is 1. The summed E-state index contributed by atoms with van der Waals surface area (Å²) in [5.41, 5.74) is 0.767. The van der Waals surface area contributed by atoms with Crippen molar-refractivity contribution in [3.63, 3.8) is 0 Å². The largest absolute Gasteiger partial charge is 0.492 e. The maximum Gasteiger partial charge on any atom is 0.137 e. The molecule has 1 saturated heterocycles. The zero-order valence-corrected chi connectivity index (χ0v) is 10.1. The van der Waals surface area contributed by atoms with Crippen LogP contribution in [0, 0.1) is 0 Å². The minimum Gasteiger partial charge on any atom is -0.492 e. The van der Waals surface area contributed by atoms with E-state index in [0.717, 1.165) is 31.4 Å². The molecular weight excluding hydrogens is 218 g/mol. The molecular formula is C13H19NO3. The van der Waals surface area contributed by atoms with Gasteiger partial charge in [0.05, 0.1) is 18.9 Å². The van der Waals surface area contributed by atoms with Crippen molar-refractivity contribution in [3.05, 3.63) is 24.0 Å². The molecule has 1 N–H and O–H groups in total. The summed E-state index contributed by atoms with van der Waals surface area (Å²) in [5, 5.41) is 10.2. The Morgan fingerprint density at radius 1 is 1.53 bits per heavy atom. The van der Waals surface area contributed by atoms with Crippen molar-refractivity contribution in [1.82, 2.24) is 4.98 Å². The quantitative estimate of drug-likeness (QED) is 0.871. The highest BCUT2D eigenvalue weighted by Gasteiger charge is 2.24. The van der Waals surface area contributed by atoms with Crippen molar-refractivity contribution < 1.29 is 14.6 Å². The number of rotatable bonds is 4. The first-order valence-electron chi connectivity index (χ1n) is 6.18. The van der Waals surface area contributed by atoms with Gasteiger partial charge in [-0.1, -0.05) is 0 Å². The van der Waals surface area contributed by atoms with E-state index in [1.165, 1.54) is 0 Å². The van der Waals surface area contributed by atoms with Crippen LogP contribution < -0.4 is 4.74 Å². The Kier molecular flexibility index (Phi) is 4.34. The first-order valence-corrected chi connectivity index (χ1v) is 6.18. The minimum atomic E-state index is -0.608. The molecule has 0 spiro atoms. The molecule has 4 heteroatoms. The van der Waals surface area contributed by atoms with Crippen molar-refractivity contribution in [3.8, 4) is 5.75 Å². The van der Waals surface area contributed by atoms with E-state index in [9.17, 15) is 5.11 Å². The molecule has 2 atom stereocenters. The average Bonchev–Trinajstić information content (AvgIpc) is 2.40. The first-order chi connectivity index (χ1) is 8.31. The molecule has 1 aliphatic rings. The summed E-state index contributed by atoms with van der Waals surface area (Å²) in [6.45, 7) is 3.26. The predicted molar refractivity (Wildman–Crippen MR) is 64.0 cm³/mol. The van der Waals surface area contributed by atoms with E-state index in [0.29, 0.717) is 12.4 Å². The fraction of sp³-hybridized carbons (Fsp3) is 0.615. The molecule has 1 aliphatic heterocycles. The molecule has 94 valence electrons. The van der Waals surface area contributed by atoms with Crippen LogP contribution in [0.1, 0.15) is 37.9 Å². The van der Waals surface area contributed by atoms with Crippen LogP contribution in [0.4, 0.5) is 0 Å². The van der Waals surface area contributed by atoms with E-state index < -0.39 is 6.10 Å². The highest BCUT2D eigenvalue weighted by molar-refractivity contribution is 5.25. The van der Waals surface area contributed by atoms with Gasteiger partial charge < -0.3 is 14.6 Å². The Balaban J connectivity index is 2.06. The van der Waals surface area contributed by atoms with E-state index in [1.54, 1.807) is 12.4 Å². The van der Waals surface area contributed by atoms with Crippen LogP contribution in [0.3, 0.4) is 0 Å². The van der Waals surface area contributed by atoms with Crippen LogP contribution in [-0.2, 0) is 4.74 Å².